The fourth-order valence-electron chi connectivity index (χ4n) is 2.26. The van der Waals surface area contributed by atoms with Crippen LogP contribution < -0.4 is 5.48 Å². The molecule has 3 aromatic rings. The van der Waals surface area contributed by atoms with E-state index in [9.17, 15) is 9.18 Å². The molecule has 0 radical (unpaired) electrons. The van der Waals surface area contributed by atoms with E-state index in [4.69, 9.17) is 4.84 Å². The van der Waals surface area contributed by atoms with Crippen LogP contribution in [0.15, 0.2) is 60.7 Å². The molecule has 0 unspecified atom stereocenters. The van der Waals surface area contributed by atoms with Crippen molar-refractivity contribution >= 4 is 5.91 Å². The van der Waals surface area contributed by atoms with Crippen molar-refractivity contribution in [1.29, 1.82) is 0 Å². The van der Waals surface area contributed by atoms with Gasteiger partial charge < -0.3 is 0 Å². The maximum Gasteiger partial charge on any atom is 0.293 e. The van der Waals surface area contributed by atoms with Gasteiger partial charge in [0.05, 0.1) is 18.0 Å². The fraction of sp³-hybridized carbons (Fsp3) is 0.111. The van der Waals surface area contributed by atoms with Gasteiger partial charge in [0.15, 0.2) is 0 Å². The number of benzene rings is 2. The van der Waals surface area contributed by atoms with Crippen molar-refractivity contribution in [3.8, 4) is 16.9 Å². The predicted molar refractivity (Wildman–Crippen MR) is 88.1 cm³/mol. The summed E-state index contributed by atoms with van der Waals surface area (Å²) in [5.74, 6) is -0.773. The van der Waals surface area contributed by atoms with Gasteiger partial charge in [0.2, 0.25) is 0 Å². The zero-order chi connectivity index (χ0) is 16.9. The van der Waals surface area contributed by atoms with Gasteiger partial charge in [-0.2, -0.15) is 5.10 Å². The van der Waals surface area contributed by atoms with E-state index in [1.807, 2.05) is 30.3 Å². The number of aromatic nitrogens is 2. The zero-order valence-corrected chi connectivity index (χ0v) is 13.1. The highest BCUT2D eigenvalue weighted by Crippen LogP contribution is 2.21. The van der Waals surface area contributed by atoms with Gasteiger partial charge >= 0.3 is 0 Å². The number of carbonyl (C=O) groups excluding carboxylic acids is 1. The summed E-state index contributed by atoms with van der Waals surface area (Å²) in [5.41, 5.74) is 4.76. The monoisotopic (exact) mass is 325 g/mol. The summed E-state index contributed by atoms with van der Waals surface area (Å²) in [6.07, 6.45) is 0. The van der Waals surface area contributed by atoms with Gasteiger partial charge in [0.1, 0.15) is 11.5 Å². The minimum atomic E-state index is -0.421. The Bertz CT molecular complexity index is 829. The van der Waals surface area contributed by atoms with Crippen molar-refractivity contribution in [3.63, 3.8) is 0 Å². The molecular weight excluding hydrogens is 309 g/mol. The number of halogens is 1. The van der Waals surface area contributed by atoms with Gasteiger partial charge in [-0.05, 0) is 37.3 Å². The molecule has 1 heterocycles. The summed E-state index contributed by atoms with van der Waals surface area (Å²) in [6.45, 7) is 2.12. The number of rotatable bonds is 5. The first-order valence-corrected chi connectivity index (χ1v) is 7.52. The van der Waals surface area contributed by atoms with Gasteiger partial charge in [-0.1, -0.05) is 30.3 Å². The summed E-state index contributed by atoms with van der Waals surface area (Å²) < 4.78 is 14.6. The molecule has 3 rings (SSSR count). The van der Waals surface area contributed by atoms with E-state index in [-0.39, 0.29) is 5.82 Å². The number of nitrogens with zero attached hydrogens (tertiary/aromatic N) is 2. The first-order valence-electron chi connectivity index (χ1n) is 7.52. The van der Waals surface area contributed by atoms with E-state index in [0.717, 1.165) is 5.56 Å². The number of nitrogens with one attached hydrogen (secondary N) is 1. The second-order valence-corrected chi connectivity index (χ2v) is 5.03. The molecule has 6 heteroatoms. The molecule has 0 atom stereocenters. The lowest BCUT2D eigenvalue weighted by Gasteiger charge is -2.07. The molecule has 0 saturated carbocycles. The van der Waals surface area contributed by atoms with Gasteiger partial charge in [-0.25, -0.2) is 14.6 Å². The SMILES string of the molecule is CCONC(=O)c1cc(-c2ccccc2)nn1-c1ccc(F)cc1. The summed E-state index contributed by atoms with van der Waals surface area (Å²) in [6, 6.07) is 17.0. The second kappa shape index (κ2) is 7.06. The number of hydroxylamine groups is 1. The third-order valence-electron chi connectivity index (χ3n) is 3.39. The van der Waals surface area contributed by atoms with Crippen LogP contribution in [0.1, 0.15) is 17.4 Å². The molecule has 0 spiro atoms. The molecule has 0 aliphatic heterocycles. The quantitative estimate of drug-likeness (QED) is 0.732. The van der Waals surface area contributed by atoms with E-state index in [2.05, 4.69) is 10.6 Å². The highest BCUT2D eigenvalue weighted by molar-refractivity contribution is 5.93. The van der Waals surface area contributed by atoms with E-state index in [1.54, 1.807) is 25.1 Å². The smallest absolute Gasteiger partial charge is 0.274 e. The lowest BCUT2D eigenvalue weighted by atomic mass is 10.1. The normalized spacial score (nSPS) is 10.6. The Morgan fingerprint density at radius 2 is 1.88 bits per heavy atom. The van der Waals surface area contributed by atoms with E-state index in [0.29, 0.717) is 23.7 Å². The number of hydrogen-bond acceptors (Lipinski definition) is 3. The Kier molecular flexibility index (Phi) is 4.67. The third-order valence-corrected chi connectivity index (χ3v) is 3.39. The highest BCUT2D eigenvalue weighted by Gasteiger charge is 2.17. The second-order valence-electron chi connectivity index (χ2n) is 5.03. The van der Waals surface area contributed by atoms with Gasteiger partial charge in [-0.15, -0.1) is 0 Å². The van der Waals surface area contributed by atoms with Crippen molar-refractivity contribution in [1.82, 2.24) is 15.3 Å². The maximum atomic E-state index is 13.2. The average Bonchev–Trinajstić information content (AvgIpc) is 3.06. The minimum Gasteiger partial charge on any atom is -0.274 e. The average molecular weight is 325 g/mol. The Morgan fingerprint density at radius 3 is 2.54 bits per heavy atom. The molecule has 0 aliphatic rings. The molecule has 1 N–H and O–H groups in total. The molecule has 0 bridgehead atoms. The molecule has 1 aromatic heterocycles. The number of amides is 1. The van der Waals surface area contributed by atoms with Crippen LogP contribution in [-0.2, 0) is 4.84 Å². The molecule has 0 fully saturated rings. The topological polar surface area (TPSA) is 56.1 Å². The van der Waals surface area contributed by atoms with E-state index < -0.39 is 5.91 Å². The summed E-state index contributed by atoms with van der Waals surface area (Å²) >= 11 is 0. The summed E-state index contributed by atoms with van der Waals surface area (Å²) in [5, 5.41) is 4.49. The highest BCUT2D eigenvalue weighted by atomic mass is 19.1. The van der Waals surface area contributed by atoms with Crippen molar-refractivity contribution in [3.05, 3.63) is 72.2 Å². The predicted octanol–water partition coefficient (Wildman–Crippen LogP) is 3.36. The molecule has 5 nitrogen and oxygen atoms in total. The molecule has 24 heavy (non-hydrogen) atoms. The van der Waals surface area contributed by atoms with Crippen LogP contribution in [0.2, 0.25) is 0 Å². The van der Waals surface area contributed by atoms with Crippen molar-refractivity contribution in [2.45, 2.75) is 6.92 Å². The van der Waals surface area contributed by atoms with Crippen LogP contribution >= 0.6 is 0 Å². The van der Waals surface area contributed by atoms with Crippen LogP contribution in [0.3, 0.4) is 0 Å². The Hall–Kier alpha value is -2.99. The van der Waals surface area contributed by atoms with Crippen molar-refractivity contribution < 1.29 is 14.0 Å². The minimum absolute atomic E-state index is 0.300. The van der Waals surface area contributed by atoms with Crippen molar-refractivity contribution in [2.24, 2.45) is 0 Å². The number of carbonyl (C=O) groups is 1. The zero-order valence-electron chi connectivity index (χ0n) is 13.1. The van der Waals surface area contributed by atoms with Crippen LogP contribution in [0.5, 0.6) is 0 Å². The molecule has 0 aliphatic carbocycles. The Labute approximate surface area is 138 Å². The summed E-state index contributed by atoms with van der Waals surface area (Å²) in [4.78, 5) is 17.3. The molecular formula is C18H16FN3O2. The fourth-order valence-corrected chi connectivity index (χ4v) is 2.26. The van der Waals surface area contributed by atoms with Gasteiger partial charge in [-0.3, -0.25) is 9.63 Å². The van der Waals surface area contributed by atoms with Crippen molar-refractivity contribution in [2.75, 3.05) is 6.61 Å². The lowest BCUT2D eigenvalue weighted by molar-refractivity contribution is 0.0357. The Morgan fingerprint density at radius 1 is 1.17 bits per heavy atom. The van der Waals surface area contributed by atoms with Crippen LogP contribution in [0.25, 0.3) is 16.9 Å². The van der Waals surface area contributed by atoms with Crippen LogP contribution in [-0.4, -0.2) is 22.3 Å². The van der Waals surface area contributed by atoms with E-state index in [1.165, 1.54) is 16.8 Å². The number of hydrogen-bond donors (Lipinski definition) is 1. The third kappa shape index (κ3) is 3.33. The molecule has 122 valence electrons. The first kappa shape index (κ1) is 15.9. The summed E-state index contributed by atoms with van der Waals surface area (Å²) in [7, 11) is 0. The first-order chi connectivity index (χ1) is 11.7. The van der Waals surface area contributed by atoms with E-state index >= 15 is 0 Å². The van der Waals surface area contributed by atoms with Gasteiger partial charge in [0.25, 0.3) is 5.91 Å². The standard InChI is InChI=1S/C18H16FN3O2/c1-2-24-21-18(23)17-12-16(13-6-4-3-5-7-13)20-22(17)15-10-8-14(19)9-11-15/h3-12H,2H2,1H3,(H,21,23). The largest absolute Gasteiger partial charge is 0.293 e. The molecule has 1 amide bonds. The molecule has 2 aromatic carbocycles. The van der Waals surface area contributed by atoms with Gasteiger partial charge in [0, 0.05) is 5.56 Å². The lowest BCUT2D eigenvalue weighted by Crippen LogP contribution is -2.26. The molecule has 0 saturated heterocycles. The Balaban J connectivity index is 2.06. The van der Waals surface area contributed by atoms with Crippen LogP contribution in [0, 0.1) is 5.82 Å². The van der Waals surface area contributed by atoms with Crippen LogP contribution in [0.4, 0.5) is 4.39 Å². The maximum absolute atomic E-state index is 13.2.